The van der Waals surface area contributed by atoms with Crippen LogP contribution in [0.5, 0.6) is 0 Å². The molecule has 4 rings (SSSR count). The molecule has 1 aliphatic heterocycles. The second-order valence-electron chi connectivity index (χ2n) is 5.90. The van der Waals surface area contributed by atoms with Crippen LogP contribution in [0.25, 0.3) is 16.8 Å². The minimum Gasteiger partial charge on any atom is -0.381 e. The molecule has 4 heterocycles. The van der Waals surface area contributed by atoms with Gasteiger partial charge in [-0.25, -0.2) is 4.98 Å². The van der Waals surface area contributed by atoms with Crippen LogP contribution < -0.4 is 9.72 Å². The maximum absolute atomic E-state index is 12.8. The zero-order valence-corrected chi connectivity index (χ0v) is 13.2. The number of hydrogen-bond acceptors (Lipinski definition) is 3. The Labute approximate surface area is 139 Å². The van der Waals surface area contributed by atoms with Crippen molar-refractivity contribution in [3.8, 4) is 11.3 Å². The molecule has 24 heavy (non-hydrogen) atoms. The Kier molecular flexibility index (Phi) is 3.96. The molecule has 3 aromatic heterocycles. The highest BCUT2D eigenvalue weighted by Crippen LogP contribution is 2.20. The average Bonchev–Trinajstić information content (AvgIpc) is 3.03. The molecule has 0 aromatic carbocycles. The molecule has 0 saturated carbocycles. The average molecular weight is 323 g/mol. The number of imidazole rings is 1. The van der Waals surface area contributed by atoms with E-state index in [2.05, 4.69) is 15.3 Å². The third-order valence-electron chi connectivity index (χ3n) is 4.34. The van der Waals surface area contributed by atoms with Gasteiger partial charge in [0.1, 0.15) is 0 Å². The first kappa shape index (κ1) is 14.8. The first-order chi connectivity index (χ1) is 11.8. The molecule has 0 spiro atoms. The summed E-state index contributed by atoms with van der Waals surface area (Å²) < 4.78 is 7.24. The molecule has 122 valence electrons. The Hall–Kier alpha value is -2.73. The summed E-state index contributed by atoms with van der Waals surface area (Å²) in [5.41, 5.74) is 2.87. The summed E-state index contributed by atoms with van der Waals surface area (Å²) in [5.74, 6) is 0.437. The number of aromatic nitrogens is 3. The van der Waals surface area contributed by atoms with E-state index >= 15 is 0 Å². The largest absolute Gasteiger partial charge is 0.381 e. The lowest BCUT2D eigenvalue weighted by atomic mass is 10.1. The molecule has 1 saturated heterocycles. The number of ether oxygens (including phenoxy) is 1. The van der Waals surface area contributed by atoms with E-state index in [0.717, 1.165) is 29.6 Å². The highest BCUT2D eigenvalue weighted by Gasteiger charge is 2.27. The minimum atomic E-state index is -0.0941. The molecule has 1 aliphatic rings. The predicted molar refractivity (Wildman–Crippen MR) is 88.5 cm³/mol. The first-order valence-corrected chi connectivity index (χ1v) is 8.14. The molecular weight excluding hydrogens is 304 g/mol. The monoisotopic (exact) mass is 323 g/mol. The van der Waals surface area contributed by atoms with Gasteiger partial charge in [-0.3, -0.25) is 9.78 Å². The number of fused-ring (bicyclic) bond motifs is 1. The van der Waals surface area contributed by atoms with E-state index in [9.17, 15) is 4.79 Å². The Morgan fingerprint density at radius 1 is 1.21 bits per heavy atom. The highest BCUT2D eigenvalue weighted by atomic mass is 16.5. The van der Waals surface area contributed by atoms with Crippen molar-refractivity contribution in [1.29, 1.82) is 0 Å². The highest BCUT2D eigenvalue weighted by molar-refractivity contribution is 5.91. The van der Waals surface area contributed by atoms with Crippen molar-refractivity contribution in [2.24, 2.45) is 0 Å². The van der Waals surface area contributed by atoms with Gasteiger partial charge in [-0.15, -0.1) is 0 Å². The molecule has 1 amide bonds. The molecule has 0 unspecified atom stereocenters. The van der Waals surface area contributed by atoms with Gasteiger partial charge in [-0.2, -0.15) is 4.40 Å². The van der Waals surface area contributed by atoms with Crippen LogP contribution in [0.1, 0.15) is 23.5 Å². The number of aromatic amines is 1. The quantitative estimate of drug-likeness (QED) is 0.721. The van der Waals surface area contributed by atoms with E-state index in [0.29, 0.717) is 19.0 Å². The van der Waals surface area contributed by atoms with Crippen molar-refractivity contribution in [3.05, 3.63) is 54.7 Å². The van der Waals surface area contributed by atoms with Gasteiger partial charge in [-0.05, 0) is 37.1 Å². The molecule has 0 radical (unpaired) electrons. The summed E-state index contributed by atoms with van der Waals surface area (Å²) in [7, 11) is 0. The Morgan fingerprint density at radius 3 is 2.79 bits per heavy atom. The molecule has 3 aromatic rings. The van der Waals surface area contributed by atoms with E-state index in [-0.39, 0.29) is 11.9 Å². The third kappa shape index (κ3) is 2.76. The Bertz CT molecular complexity index is 854. The number of pyridine rings is 2. The summed E-state index contributed by atoms with van der Waals surface area (Å²) in [4.78, 5) is 20.1. The molecule has 0 bridgehead atoms. The zero-order chi connectivity index (χ0) is 16.4. The molecule has 2 N–H and O–H groups in total. The van der Waals surface area contributed by atoms with Gasteiger partial charge >= 0.3 is 11.7 Å². The van der Waals surface area contributed by atoms with Crippen LogP contribution in [0.2, 0.25) is 0 Å². The number of hydrogen-bond donors (Lipinski definition) is 2. The van der Waals surface area contributed by atoms with Crippen LogP contribution in [-0.4, -0.2) is 35.1 Å². The summed E-state index contributed by atoms with van der Waals surface area (Å²) in [5, 5.41) is 3.11. The topological polar surface area (TPSA) is 71.1 Å². The van der Waals surface area contributed by atoms with Crippen molar-refractivity contribution in [2.75, 3.05) is 13.2 Å². The maximum Gasteiger partial charge on any atom is 0.351 e. The summed E-state index contributed by atoms with van der Waals surface area (Å²) in [6.45, 7) is 1.40. The molecule has 0 aliphatic carbocycles. The van der Waals surface area contributed by atoms with Crippen molar-refractivity contribution in [2.45, 2.75) is 18.9 Å². The van der Waals surface area contributed by atoms with Gasteiger partial charge < -0.3 is 10.1 Å². The normalized spacial score (nSPS) is 15.5. The molecule has 1 fully saturated rings. The van der Waals surface area contributed by atoms with Crippen molar-refractivity contribution < 1.29 is 13.9 Å². The molecule has 6 heteroatoms. The van der Waals surface area contributed by atoms with Crippen molar-refractivity contribution in [3.63, 3.8) is 0 Å². The number of carbonyl (C=O) groups is 1. The second kappa shape index (κ2) is 6.41. The zero-order valence-electron chi connectivity index (χ0n) is 13.2. The summed E-state index contributed by atoms with van der Waals surface area (Å²) in [6, 6.07) is 9.91. The van der Waals surface area contributed by atoms with Crippen LogP contribution in [-0.2, 0) is 4.74 Å². The minimum absolute atomic E-state index is 0.0941. The second-order valence-corrected chi connectivity index (χ2v) is 5.90. The Morgan fingerprint density at radius 2 is 2.00 bits per heavy atom. The van der Waals surface area contributed by atoms with Gasteiger partial charge in [0.2, 0.25) is 0 Å². The molecule has 0 atom stereocenters. The number of nitrogens with one attached hydrogen (secondary N) is 2. The lowest BCUT2D eigenvalue weighted by Gasteiger charge is -2.22. The lowest BCUT2D eigenvalue weighted by Crippen LogP contribution is -2.42. The van der Waals surface area contributed by atoms with E-state index in [1.807, 2.05) is 40.9 Å². The van der Waals surface area contributed by atoms with Crippen LogP contribution in [0.15, 0.2) is 48.9 Å². The summed E-state index contributed by atoms with van der Waals surface area (Å²) >= 11 is 0. The number of H-pyrrole nitrogens is 1. The fraction of sp³-hybridized carbons (Fsp3) is 0.278. The molecular formula is C18H19N4O2+. The van der Waals surface area contributed by atoms with Crippen molar-refractivity contribution in [1.82, 2.24) is 15.3 Å². The van der Waals surface area contributed by atoms with Crippen LogP contribution in [0.3, 0.4) is 0 Å². The number of carbonyl (C=O) groups excluding carboxylic acids is 1. The van der Waals surface area contributed by atoms with Gasteiger partial charge in [-0.1, -0.05) is 6.07 Å². The van der Waals surface area contributed by atoms with Gasteiger partial charge in [0.15, 0.2) is 11.2 Å². The smallest absolute Gasteiger partial charge is 0.351 e. The van der Waals surface area contributed by atoms with Gasteiger partial charge in [0, 0.05) is 37.2 Å². The van der Waals surface area contributed by atoms with Gasteiger partial charge in [0.25, 0.3) is 0 Å². The fourth-order valence-corrected chi connectivity index (χ4v) is 3.08. The van der Waals surface area contributed by atoms with Crippen LogP contribution in [0.4, 0.5) is 0 Å². The molecule has 6 nitrogen and oxygen atoms in total. The van der Waals surface area contributed by atoms with E-state index in [4.69, 9.17) is 4.74 Å². The van der Waals surface area contributed by atoms with Crippen molar-refractivity contribution >= 4 is 11.4 Å². The Balaban J connectivity index is 1.71. The maximum atomic E-state index is 12.8. The predicted octanol–water partition coefficient (Wildman–Crippen LogP) is 1.72. The standard InChI is InChI=1S/C18H18N4O2/c23-18(20-14-6-11-24-12-7-14)17-21-16(13-4-8-19-9-5-13)15-3-1-2-10-22(15)17/h1-5,8-10,14H,6-7,11-12H2,(H,20,23)/p+1. The van der Waals surface area contributed by atoms with Gasteiger partial charge in [0.05, 0.1) is 6.20 Å². The fourth-order valence-electron chi connectivity index (χ4n) is 3.08. The summed E-state index contributed by atoms with van der Waals surface area (Å²) in [6.07, 6.45) is 7.10. The van der Waals surface area contributed by atoms with E-state index < -0.39 is 0 Å². The van der Waals surface area contributed by atoms with E-state index in [1.165, 1.54) is 0 Å². The van der Waals surface area contributed by atoms with E-state index in [1.54, 1.807) is 12.4 Å². The first-order valence-electron chi connectivity index (χ1n) is 8.14. The van der Waals surface area contributed by atoms with Crippen LogP contribution in [0, 0.1) is 0 Å². The number of amides is 1. The van der Waals surface area contributed by atoms with Crippen LogP contribution >= 0.6 is 0 Å². The number of nitrogens with zero attached hydrogens (tertiary/aromatic N) is 2. The number of rotatable bonds is 3. The third-order valence-corrected chi connectivity index (χ3v) is 4.34. The lowest BCUT2D eigenvalue weighted by molar-refractivity contribution is -0.514. The SMILES string of the molecule is O=C(NC1CCOCC1)c1[nH]c(-c2ccncc2)c2cccc[n+]12.